The first kappa shape index (κ1) is 13.1. The van der Waals surface area contributed by atoms with Crippen LogP contribution in [0.25, 0.3) is 0 Å². The molecule has 0 heterocycles. The van der Waals surface area contributed by atoms with Gasteiger partial charge in [0, 0.05) is 8.07 Å². The molecule has 0 bridgehead atoms. The first-order valence-corrected chi connectivity index (χ1v) is 9.00. The van der Waals surface area contributed by atoms with E-state index in [0.29, 0.717) is 0 Å². The molecule has 0 atom stereocenters. The lowest BCUT2D eigenvalue weighted by atomic mass is 10.1. The maximum absolute atomic E-state index is 5.54. The summed E-state index contributed by atoms with van der Waals surface area (Å²) < 4.78 is 0. The van der Waals surface area contributed by atoms with Gasteiger partial charge in [0.05, 0.1) is 0 Å². The van der Waals surface area contributed by atoms with Gasteiger partial charge in [0.2, 0.25) is 0 Å². The fourth-order valence-electron chi connectivity index (χ4n) is 1.74. The molecular weight excluding hydrogens is 176 g/mol. The van der Waals surface area contributed by atoms with Gasteiger partial charge < -0.3 is 11.5 Å². The summed E-state index contributed by atoms with van der Waals surface area (Å²) in [6.45, 7) is 9.02. The summed E-state index contributed by atoms with van der Waals surface area (Å²) in [5.41, 5.74) is 12.0. The Kier molecular flexibility index (Phi) is 6.64. The van der Waals surface area contributed by atoms with E-state index < -0.39 is 8.07 Å². The summed E-state index contributed by atoms with van der Waals surface area (Å²) in [6, 6.07) is 0. The molecule has 0 aromatic rings. The molecule has 0 fully saturated rings. The van der Waals surface area contributed by atoms with Crippen molar-refractivity contribution in [3.8, 4) is 0 Å². The van der Waals surface area contributed by atoms with Crippen molar-refractivity contribution in [2.75, 3.05) is 13.1 Å². The van der Waals surface area contributed by atoms with E-state index in [-0.39, 0.29) is 0 Å². The van der Waals surface area contributed by atoms with E-state index in [4.69, 9.17) is 11.5 Å². The molecule has 0 aliphatic heterocycles. The summed E-state index contributed by atoms with van der Waals surface area (Å²) in [5.74, 6) is 0. The van der Waals surface area contributed by atoms with E-state index in [1.807, 2.05) is 0 Å². The second kappa shape index (κ2) is 6.57. The molecule has 0 aliphatic rings. The third-order valence-corrected chi connectivity index (χ3v) is 5.77. The van der Waals surface area contributed by atoms with Crippen molar-refractivity contribution in [2.45, 2.75) is 50.9 Å². The Morgan fingerprint density at radius 1 is 0.923 bits per heavy atom. The number of rotatable bonds is 7. The molecule has 4 N–H and O–H groups in total. The predicted octanol–water partition coefficient (Wildman–Crippen LogP) is 2.17. The highest BCUT2D eigenvalue weighted by Gasteiger charge is 2.25. The minimum absolute atomic E-state index is 0.837. The van der Waals surface area contributed by atoms with Crippen LogP contribution in [0.5, 0.6) is 0 Å². The second-order valence-corrected chi connectivity index (χ2v) is 10.5. The minimum Gasteiger partial charge on any atom is -0.330 e. The summed E-state index contributed by atoms with van der Waals surface area (Å²) in [6.07, 6.45) is 4.98. The van der Waals surface area contributed by atoms with Gasteiger partial charge >= 0.3 is 0 Å². The van der Waals surface area contributed by atoms with Crippen LogP contribution in [0.15, 0.2) is 0 Å². The summed E-state index contributed by atoms with van der Waals surface area (Å²) in [7, 11) is -0.972. The van der Waals surface area contributed by atoms with Gasteiger partial charge in [-0.2, -0.15) is 0 Å². The van der Waals surface area contributed by atoms with Gasteiger partial charge in [-0.05, 0) is 31.5 Å². The zero-order valence-corrected chi connectivity index (χ0v) is 10.5. The molecule has 13 heavy (non-hydrogen) atoms. The zero-order valence-electron chi connectivity index (χ0n) is 9.47. The normalized spacial score (nSPS) is 12.5. The van der Waals surface area contributed by atoms with Crippen LogP contribution in [-0.2, 0) is 0 Å². The first-order valence-electron chi connectivity index (χ1n) is 5.42. The Morgan fingerprint density at radius 2 is 1.31 bits per heavy atom. The van der Waals surface area contributed by atoms with Crippen molar-refractivity contribution in [3.05, 3.63) is 0 Å². The second-order valence-electron chi connectivity index (χ2n) is 4.92. The van der Waals surface area contributed by atoms with E-state index in [2.05, 4.69) is 19.6 Å². The maximum Gasteiger partial charge on any atom is 0.0473 e. The van der Waals surface area contributed by atoms with Crippen LogP contribution >= 0.6 is 0 Å². The standard InChI is InChI=1S/C10H26N2Si/c1-13(2,3)10(6-4-8-11)7-5-9-12/h10H,4-9,11-12H2,1-3H3. The van der Waals surface area contributed by atoms with Gasteiger partial charge in [-0.1, -0.05) is 32.5 Å². The molecule has 0 aromatic carbocycles. The highest BCUT2D eigenvalue weighted by atomic mass is 28.3. The van der Waals surface area contributed by atoms with Crippen LogP contribution in [0.1, 0.15) is 25.7 Å². The van der Waals surface area contributed by atoms with Crippen LogP contribution in [0.4, 0.5) is 0 Å². The average molecular weight is 202 g/mol. The van der Waals surface area contributed by atoms with Crippen molar-refractivity contribution >= 4 is 8.07 Å². The fraction of sp³-hybridized carbons (Fsp3) is 1.00. The van der Waals surface area contributed by atoms with Crippen LogP contribution in [0, 0.1) is 0 Å². The number of hydrogen-bond acceptors (Lipinski definition) is 2. The number of hydrogen-bond donors (Lipinski definition) is 2. The number of nitrogens with two attached hydrogens (primary N) is 2. The molecule has 0 saturated carbocycles. The van der Waals surface area contributed by atoms with E-state index >= 15 is 0 Å². The monoisotopic (exact) mass is 202 g/mol. The van der Waals surface area contributed by atoms with Crippen molar-refractivity contribution in [2.24, 2.45) is 11.5 Å². The van der Waals surface area contributed by atoms with E-state index in [0.717, 1.165) is 18.6 Å². The van der Waals surface area contributed by atoms with E-state index in [9.17, 15) is 0 Å². The molecule has 0 aromatic heterocycles. The quantitative estimate of drug-likeness (QED) is 0.622. The SMILES string of the molecule is C[Si](C)(C)C(CCCN)CCCN. The van der Waals surface area contributed by atoms with Crippen molar-refractivity contribution in [1.82, 2.24) is 0 Å². The summed E-state index contributed by atoms with van der Waals surface area (Å²) in [5, 5.41) is 0. The minimum atomic E-state index is -0.972. The zero-order chi connectivity index (χ0) is 10.3. The lowest BCUT2D eigenvalue weighted by Gasteiger charge is -2.28. The smallest absolute Gasteiger partial charge is 0.0473 e. The van der Waals surface area contributed by atoms with Crippen molar-refractivity contribution < 1.29 is 0 Å². The Balaban J connectivity index is 3.88. The maximum atomic E-state index is 5.54. The third kappa shape index (κ3) is 6.24. The Hall–Kier alpha value is 0.137. The Labute approximate surface area is 84.1 Å². The van der Waals surface area contributed by atoms with Crippen LogP contribution in [0.3, 0.4) is 0 Å². The first-order chi connectivity index (χ1) is 6.02. The van der Waals surface area contributed by atoms with Gasteiger partial charge in [-0.3, -0.25) is 0 Å². The molecular formula is C10H26N2Si. The van der Waals surface area contributed by atoms with Gasteiger partial charge in [0.25, 0.3) is 0 Å². The molecule has 2 nitrogen and oxygen atoms in total. The Bertz CT molecular complexity index is 113. The van der Waals surface area contributed by atoms with Crippen LogP contribution in [-0.4, -0.2) is 21.2 Å². The molecule has 0 unspecified atom stereocenters. The summed E-state index contributed by atoms with van der Waals surface area (Å²) >= 11 is 0. The Morgan fingerprint density at radius 3 is 1.54 bits per heavy atom. The molecule has 0 spiro atoms. The van der Waals surface area contributed by atoms with Crippen molar-refractivity contribution in [3.63, 3.8) is 0 Å². The van der Waals surface area contributed by atoms with Gasteiger partial charge in [-0.15, -0.1) is 0 Å². The fourth-order valence-corrected chi connectivity index (χ4v) is 3.88. The third-order valence-electron chi connectivity index (χ3n) is 2.74. The highest BCUT2D eigenvalue weighted by Crippen LogP contribution is 2.30. The predicted molar refractivity (Wildman–Crippen MR) is 63.7 cm³/mol. The molecule has 0 amide bonds. The molecule has 0 saturated heterocycles. The molecule has 0 radical (unpaired) electrons. The lowest BCUT2D eigenvalue weighted by molar-refractivity contribution is 0.606. The molecule has 3 heteroatoms. The highest BCUT2D eigenvalue weighted by molar-refractivity contribution is 6.77. The average Bonchev–Trinajstić information content (AvgIpc) is 2.02. The van der Waals surface area contributed by atoms with Gasteiger partial charge in [-0.25, -0.2) is 0 Å². The summed E-state index contributed by atoms with van der Waals surface area (Å²) in [4.78, 5) is 0. The van der Waals surface area contributed by atoms with Gasteiger partial charge in [0.15, 0.2) is 0 Å². The lowest BCUT2D eigenvalue weighted by Crippen LogP contribution is -2.29. The molecule has 0 aliphatic carbocycles. The topological polar surface area (TPSA) is 52.0 Å². The molecule has 80 valence electrons. The van der Waals surface area contributed by atoms with Crippen LogP contribution < -0.4 is 11.5 Å². The van der Waals surface area contributed by atoms with E-state index in [1.165, 1.54) is 25.7 Å². The van der Waals surface area contributed by atoms with Gasteiger partial charge in [0.1, 0.15) is 0 Å². The van der Waals surface area contributed by atoms with Crippen molar-refractivity contribution in [1.29, 1.82) is 0 Å². The van der Waals surface area contributed by atoms with Crippen LogP contribution in [0.2, 0.25) is 25.2 Å². The largest absolute Gasteiger partial charge is 0.330 e. The molecule has 0 rings (SSSR count). The van der Waals surface area contributed by atoms with E-state index in [1.54, 1.807) is 0 Å².